The molecule has 1 aliphatic heterocycles. The van der Waals surface area contributed by atoms with Crippen molar-refractivity contribution in [2.24, 2.45) is 0 Å². The van der Waals surface area contributed by atoms with Crippen molar-refractivity contribution in [3.05, 3.63) is 144 Å². The van der Waals surface area contributed by atoms with E-state index >= 15 is 0 Å². The molecule has 0 atom stereocenters. The zero-order valence-electron chi connectivity index (χ0n) is 18.0. The van der Waals surface area contributed by atoms with Crippen LogP contribution in [0.4, 0.5) is 11.4 Å². The largest absolute Gasteiger partial charge is 0.356 e. The molecule has 1 N–H and O–H groups in total. The van der Waals surface area contributed by atoms with E-state index in [9.17, 15) is 0 Å². The minimum Gasteiger partial charge on any atom is -0.356 e. The van der Waals surface area contributed by atoms with E-state index in [0.717, 1.165) is 11.4 Å². The molecule has 5 aromatic rings. The van der Waals surface area contributed by atoms with Crippen molar-refractivity contribution in [3.63, 3.8) is 0 Å². The number of anilines is 2. The second-order valence-corrected chi connectivity index (χ2v) is 9.73. The molecule has 1 spiro atoms. The van der Waals surface area contributed by atoms with Crippen molar-refractivity contribution >= 4 is 23.1 Å². The summed E-state index contributed by atoms with van der Waals surface area (Å²) in [6, 6.07) is 44.1. The lowest BCUT2D eigenvalue weighted by Crippen LogP contribution is -2.32. The zero-order chi connectivity index (χ0) is 21.8. The molecule has 0 aromatic heterocycles. The highest BCUT2D eigenvalue weighted by atomic mass is 32.2. The van der Waals surface area contributed by atoms with Crippen molar-refractivity contribution in [2.75, 3.05) is 5.32 Å². The Balaban J connectivity index is 1.55. The van der Waals surface area contributed by atoms with Crippen LogP contribution in [0.1, 0.15) is 22.3 Å². The summed E-state index contributed by atoms with van der Waals surface area (Å²) in [5, 5.41) is 3.62. The van der Waals surface area contributed by atoms with E-state index in [1.165, 1.54) is 43.2 Å². The van der Waals surface area contributed by atoms with Gasteiger partial charge in [-0.25, -0.2) is 0 Å². The van der Waals surface area contributed by atoms with E-state index in [0.29, 0.717) is 0 Å². The van der Waals surface area contributed by atoms with Gasteiger partial charge in [0.1, 0.15) is 0 Å². The van der Waals surface area contributed by atoms with Crippen molar-refractivity contribution in [3.8, 4) is 11.1 Å². The minimum absolute atomic E-state index is 0.321. The third-order valence-corrected chi connectivity index (χ3v) is 8.06. The summed E-state index contributed by atoms with van der Waals surface area (Å²) in [6.07, 6.45) is 0. The molecule has 0 saturated carbocycles. The summed E-state index contributed by atoms with van der Waals surface area (Å²) in [5.74, 6) is 0. The standard InChI is InChI=1S/C31H21NS/c1-2-10-21(11-3-1)32-22-18-19-30-28(20-22)31(27-16-8-9-17-29(27)33-30)25-14-6-4-12-23(25)24-13-5-7-15-26(24)31/h1-20,32H. The highest BCUT2D eigenvalue weighted by molar-refractivity contribution is 7.99. The fourth-order valence-electron chi connectivity index (χ4n) is 5.62. The molecule has 0 fully saturated rings. The first-order chi connectivity index (χ1) is 16.4. The Kier molecular flexibility index (Phi) is 4.06. The van der Waals surface area contributed by atoms with Crippen LogP contribution in [-0.2, 0) is 5.41 Å². The van der Waals surface area contributed by atoms with Crippen molar-refractivity contribution in [2.45, 2.75) is 15.2 Å². The van der Waals surface area contributed by atoms with Crippen LogP contribution in [0.5, 0.6) is 0 Å². The maximum Gasteiger partial charge on any atom is 0.0736 e. The van der Waals surface area contributed by atoms with Gasteiger partial charge >= 0.3 is 0 Å². The van der Waals surface area contributed by atoms with Gasteiger partial charge in [0.05, 0.1) is 5.41 Å². The van der Waals surface area contributed by atoms with Crippen molar-refractivity contribution in [1.29, 1.82) is 0 Å². The van der Waals surface area contributed by atoms with Crippen LogP contribution in [0.15, 0.2) is 131 Å². The predicted molar refractivity (Wildman–Crippen MR) is 138 cm³/mol. The Morgan fingerprint density at radius 1 is 0.455 bits per heavy atom. The molecule has 7 rings (SSSR count). The molecule has 0 radical (unpaired) electrons. The van der Waals surface area contributed by atoms with E-state index in [1.54, 1.807) is 0 Å². The van der Waals surface area contributed by atoms with Crippen LogP contribution >= 0.6 is 11.8 Å². The van der Waals surface area contributed by atoms with Crippen LogP contribution in [-0.4, -0.2) is 0 Å². The number of hydrogen-bond acceptors (Lipinski definition) is 2. The van der Waals surface area contributed by atoms with Gasteiger partial charge in [-0.1, -0.05) is 96.7 Å². The summed E-state index contributed by atoms with van der Waals surface area (Å²) in [7, 11) is 0. The van der Waals surface area contributed by atoms with Gasteiger partial charge < -0.3 is 5.32 Å². The average Bonchev–Trinajstić information content (AvgIpc) is 3.17. The lowest BCUT2D eigenvalue weighted by atomic mass is 9.67. The lowest BCUT2D eigenvalue weighted by Gasteiger charge is -2.39. The third kappa shape index (κ3) is 2.62. The van der Waals surface area contributed by atoms with Gasteiger partial charge in [-0.2, -0.15) is 0 Å². The summed E-state index contributed by atoms with van der Waals surface area (Å²) in [4.78, 5) is 2.65. The van der Waals surface area contributed by atoms with E-state index in [2.05, 4.69) is 121 Å². The Hall–Kier alpha value is -3.75. The molecular formula is C31H21NS. The van der Waals surface area contributed by atoms with Crippen molar-refractivity contribution in [1.82, 2.24) is 0 Å². The topological polar surface area (TPSA) is 12.0 Å². The van der Waals surface area contributed by atoms with Gasteiger partial charge in [-0.05, 0) is 69.8 Å². The maximum absolute atomic E-state index is 3.62. The third-order valence-electron chi connectivity index (χ3n) is 6.91. The Labute approximate surface area is 198 Å². The van der Waals surface area contributed by atoms with E-state index in [1.807, 2.05) is 17.8 Å². The Bertz CT molecular complexity index is 1470. The fourth-order valence-corrected chi connectivity index (χ4v) is 6.80. The predicted octanol–water partition coefficient (Wildman–Crippen LogP) is 8.26. The number of fused-ring (bicyclic) bond motifs is 9. The smallest absolute Gasteiger partial charge is 0.0736 e. The van der Waals surface area contributed by atoms with Crippen LogP contribution in [0.3, 0.4) is 0 Å². The molecule has 0 saturated heterocycles. The van der Waals surface area contributed by atoms with Gasteiger partial charge in [-0.3, -0.25) is 0 Å². The number of para-hydroxylation sites is 1. The van der Waals surface area contributed by atoms with Crippen LogP contribution < -0.4 is 5.32 Å². The van der Waals surface area contributed by atoms with E-state index in [4.69, 9.17) is 0 Å². The SMILES string of the molecule is c1ccc(Nc2ccc3c(c2)C2(c4ccccc4S3)c3ccccc3-c3ccccc32)cc1. The summed E-state index contributed by atoms with van der Waals surface area (Å²) >= 11 is 1.88. The molecule has 5 aromatic carbocycles. The summed E-state index contributed by atoms with van der Waals surface area (Å²) in [6.45, 7) is 0. The monoisotopic (exact) mass is 439 g/mol. The second kappa shape index (κ2) is 7.13. The number of rotatable bonds is 2. The molecule has 0 unspecified atom stereocenters. The number of nitrogens with one attached hydrogen (secondary N) is 1. The second-order valence-electron chi connectivity index (χ2n) is 8.64. The van der Waals surface area contributed by atoms with Crippen molar-refractivity contribution < 1.29 is 0 Å². The molecule has 156 valence electrons. The van der Waals surface area contributed by atoms with Crippen LogP contribution in [0.25, 0.3) is 11.1 Å². The quantitative estimate of drug-likeness (QED) is 0.291. The van der Waals surface area contributed by atoms with Gasteiger partial charge in [0.15, 0.2) is 0 Å². The van der Waals surface area contributed by atoms with Crippen LogP contribution in [0, 0.1) is 0 Å². The molecule has 2 heteroatoms. The molecule has 0 bridgehead atoms. The molecule has 1 nitrogen and oxygen atoms in total. The van der Waals surface area contributed by atoms with Gasteiger partial charge in [0, 0.05) is 21.2 Å². The van der Waals surface area contributed by atoms with Crippen LogP contribution in [0.2, 0.25) is 0 Å². The first-order valence-electron chi connectivity index (χ1n) is 11.3. The number of hydrogen-bond donors (Lipinski definition) is 1. The molecule has 0 amide bonds. The van der Waals surface area contributed by atoms with Gasteiger partial charge in [0.25, 0.3) is 0 Å². The first kappa shape index (κ1) is 18.8. The molecule has 1 aliphatic carbocycles. The van der Waals surface area contributed by atoms with Gasteiger partial charge in [0.2, 0.25) is 0 Å². The molecule has 1 heterocycles. The minimum atomic E-state index is -0.321. The zero-order valence-corrected chi connectivity index (χ0v) is 18.8. The fraction of sp³-hybridized carbons (Fsp3) is 0.0323. The molecule has 33 heavy (non-hydrogen) atoms. The number of benzene rings is 5. The first-order valence-corrected chi connectivity index (χ1v) is 12.1. The highest BCUT2D eigenvalue weighted by Gasteiger charge is 2.50. The van der Waals surface area contributed by atoms with E-state index in [-0.39, 0.29) is 5.41 Å². The molecule has 2 aliphatic rings. The summed E-state index contributed by atoms with van der Waals surface area (Å²) in [5.41, 5.74) is 10.0. The Morgan fingerprint density at radius 2 is 1.03 bits per heavy atom. The average molecular weight is 440 g/mol. The van der Waals surface area contributed by atoms with E-state index < -0.39 is 0 Å². The molecular weight excluding hydrogens is 418 g/mol. The summed E-state index contributed by atoms with van der Waals surface area (Å²) < 4.78 is 0. The maximum atomic E-state index is 3.62. The van der Waals surface area contributed by atoms with Gasteiger partial charge in [-0.15, -0.1) is 0 Å². The normalized spacial score (nSPS) is 14.2. The highest BCUT2D eigenvalue weighted by Crippen LogP contribution is 2.62. The lowest BCUT2D eigenvalue weighted by molar-refractivity contribution is 0.723. The Morgan fingerprint density at radius 3 is 1.76 bits per heavy atom.